The number of amides is 2. The molecule has 2 heterocycles. The van der Waals surface area contributed by atoms with Crippen LogP contribution >= 0.6 is 0 Å². The van der Waals surface area contributed by atoms with Gasteiger partial charge in [0.05, 0.1) is 0 Å². The smallest absolute Gasteiger partial charge is 0.313 e. The molecule has 0 aliphatic carbocycles. The Morgan fingerprint density at radius 2 is 1.68 bits per heavy atom. The van der Waals surface area contributed by atoms with Crippen LogP contribution in [0.4, 0.5) is 4.39 Å². The lowest BCUT2D eigenvalue weighted by Gasteiger charge is -2.33. The summed E-state index contributed by atoms with van der Waals surface area (Å²) < 4.78 is 14.5. The molecule has 1 aliphatic rings. The Labute approximate surface area is 231 Å². The number of fused-ring (bicyclic) bond motifs is 1. The number of benzene rings is 2. The van der Waals surface area contributed by atoms with Gasteiger partial charge in [-0.1, -0.05) is 42.5 Å². The topological polar surface area (TPSA) is 116 Å². The molecular formula is C29H32FN5O5. The molecule has 1 aliphatic heterocycles. The first-order chi connectivity index (χ1) is 19.1. The van der Waals surface area contributed by atoms with E-state index in [1.807, 2.05) is 42.3 Å². The van der Waals surface area contributed by atoms with Crippen LogP contribution in [0.5, 0.6) is 5.75 Å². The number of carbonyl (C=O) groups excluding carboxylic acids is 3. The van der Waals surface area contributed by atoms with Crippen LogP contribution in [0, 0.1) is 5.82 Å². The van der Waals surface area contributed by atoms with E-state index in [4.69, 9.17) is 0 Å². The van der Waals surface area contributed by atoms with Gasteiger partial charge in [0.15, 0.2) is 11.5 Å². The normalized spacial score (nSPS) is 15.2. The van der Waals surface area contributed by atoms with E-state index < -0.39 is 40.8 Å². The zero-order valence-corrected chi connectivity index (χ0v) is 22.7. The third-order valence-electron chi connectivity index (χ3n) is 6.90. The summed E-state index contributed by atoms with van der Waals surface area (Å²) in [5.74, 6) is -3.14. The maximum atomic E-state index is 13.5. The standard InChI is InChI=1S/C29H32FN5O5/c1-32(2)28(39)29(40)35(17-20-7-5-4-6-8-20)22-18-33(3)15-16-34-26(22)31-24(25(37)27(34)38)23(36)14-11-19-9-12-21(30)13-10-19/h4-10,12-13,22,37H,11,14-18H2,1-3H3. The number of aromatic hydroxyl groups is 1. The number of carbonyl (C=O) groups is 3. The number of hydrogen-bond acceptors (Lipinski definition) is 7. The number of likely N-dealkylation sites (N-methyl/N-ethyl adjacent to an activating group) is 2. The van der Waals surface area contributed by atoms with Crippen LogP contribution in [0.25, 0.3) is 0 Å². The Kier molecular flexibility index (Phi) is 8.73. The summed E-state index contributed by atoms with van der Waals surface area (Å²) >= 11 is 0. The first kappa shape index (κ1) is 28.6. The molecule has 40 heavy (non-hydrogen) atoms. The van der Waals surface area contributed by atoms with Crippen molar-refractivity contribution in [3.8, 4) is 5.75 Å². The maximum absolute atomic E-state index is 13.5. The molecule has 0 radical (unpaired) electrons. The van der Waals surface area contributed by atoms with Crippen molar-refractivity contribution >= 4 is 17.6 Å². The number of nitrogens with zero attached hydrogens (tertiary/aromatic N) is 5. The van der Waals surface area contributed by atoms with Gasteiger partial charge in [0.2, 0.25) is 5.75 Å². The van der Waals surface area contributed by atoms with E-state index in [1.165, 1.54) is 40.6 Å². The highest BCUT2D eigenvalue weighted by molar-refractivity contribution is 6.34. The molecule has 210 valence electrons. The zero-order chi connectivity index (χ0) is 29.0. The summed E-state index contributed by atoms with van der Waals surface area (Å²) in [6.45, 7) is 0.875. The fraction of sp³-hybridized carbons (Fsp3) is 0.345. The summed E-state index contributed by atoms with van der Waals surface area (Å²) in [5.41, 5.74) is 0.292. The summed E-state index contributed by atoms with van der Waals surface area (Å²) in [5, 5.41) is 10.7. The van der Waals surface area contributed by atoms with Crippen molar-refractivity contribution in [2.45, 2.75) is 32.0 Å². The number of rotatable bonds is 7. The third kappa shape index (κ3) is 6.26. The van der Waals surface area contributed by atoms with Crippen LogP contribution < -0.4 is 5.56 Å². The van der Waals surface area contributed by atoms with E-state index in [0.717, 1.165) is 5.56 Å². The second kappa shape index (κ2) is 12.2. The van der Waals surface area contributed by atoms with E-state index in [1.54, 1.807) is 12.1 Å². The predicted molar refractivity (Wildman–Crippen MR) is 145 cm³/mol. The van der Waals surface area contributed by atoms with Gasteiger partial charge < -0.3 is 19.8 Å². The van der Waals surface area contributed by atoms with Gasteiger partial charge in [-0.3, -0.25) is 23.7 Å². The lowest BCUT2D eigenvalue weighted by atomic mass is 10.0. The number of aryl methyl sites for hydroxylation is 1. The van der Waals surface area contributed by atoms with Crippen molar-refractivity contribution in [2.75, 3.05) is 34.2 Å². The Bertz CT molecular complexity index is 1460. The minimum atomic E-state index is -0.874. The summed E-state index contributed by atoms with van der Waals surface area (Å²) in [4.78, 5) is 61.8. The highest BCUT2D eigenvalue weighted by Gasteiger charge is 2.37. The molecule has 1 aromatic heterocycles. The average molecular weight is 550 g/mol. The Morgan fingerprint density at radius 1 is 1.00 bits per heavy atom. The summed E-state index contributed by atoms with van der Waals surface area (Å²) in [7, 11) is 4.77. The molecule has 0 saturated heterocycles. The lowest BCUT2D eigenvalue weighted by molar-refractivity contribution is -0.152. The first-order valence-corrected chi connectivity index (χ1v) is 12.9. The SMILES string of the molecule is CN1CCn2c(nc(C(=O)CCc3ccc(F)cc3)c(O)c2=O)C(N(Cc2ccccc2)C(=O)C(=O)N(C)C)C1. The number of ketones is 1. The largest absolute Gasteiger partial charge is 0.501 e. The van der Waals surface area contributed by atoms with Gasteiger partial charge in [-0.2, -0.15) is 0 Å². The van der Waals surface area contributed by atoms with Crippen molar-refractivity contribution in [1.29, 1.82) is 0 Å². The van der Waals surface area contributed by atoms with E-state index in [0.29, 0.717) is 12.1 Å². The Balaban J connectivity index is 1.77. The fourth-order valence-electron chi connectivity index (χ4n) is 4.65. The lowest BCUT2D eigenvalue weighted by Crippen LogP contribution is -2.47. The molecular weight excluding hydrogens is 517 g/mol. The summed E-state index contributed by atoms with van der Waals surface area (Å²) in [6, 6.07) is 13.9. The molecule has 0 bridgehead atoms. The van der Waals surface area contributed by atoms with E-state index >= 15 is 0 Å². The second-order valence-corrected chi connectivity index (χ2v) is 10.1. The highest BCUT2D eigenvalue weighted by atomic mass is 19.1. The molecule has 10 nitrogen and oxygen atoms in total. The van der Waals surface area contributed by atoms with Gasteiger partial charge in [0.25, 0.3) is 5.56 Å². The van der Waals surface area contributed by atoms with Crippen LogP contribution in [0.15, 0.2) is 59.4 Å². The van der Waals surface area contributed by atoms with Crippen LogP contribution in [0.3, 0.4) is 0 Å². The minimum absolute atomic E-state index is 0.0579. The zero-order valence-electron chi connectivity index (χ0n) is 22.7. The number of Topliss-reactive ketones (excluding diaryl/α,β-unsaturated/α-hetero) is 1. The molecule has 1 N–H and O–H groups in total. The first-order valence-electron chi connectivity index (χ1n) is 12.9. The van der Waals surface area contributed by atoms with Crippen LogP contribution in [0.2, 0.25) is 0 Å². The van der Waals surface area contributed by atoms with E-state index in [2.05, 4.69) is 4.98 Å². The van der Waals surface area contributed by atoms with Gasteiger partial charge >= 0.3 is 11.8 Å². The molecule has 1 atom stereocenters. The number of aromatic nitrogens is 2. The monoisotopic (exact) mass is 549 g/mol. The highest BCUT2D eigenvalue weighted by Crippen LogP contribution is 2.27. The van der Waals surface area contributed by atoms with Gasteiger partial charge in [-0.15, -0.1) is 0 Å². The van der Waals surface area contributed by atoms with E-state index in [9.17, 15) is 28.7 Å². The Hall–Kier alpha value is -4.38. The quantitative estimate of drug-likeness (QED) is 0.354. The number of hydrogen-bond donors (Lipinski definition) is 1. The fourth-order valence-corrected chi connectivity index (χ4v) is 4.65. The minimum Gasteiger partial charge on any atom is -0.501 e. The average Bonchev–Trinajstić information content (AvgIpc) is 3.11. The van der Waals surface area contributed by atoms with Crippen molar-refractivity contribution in [2.24, 2.45) is 0 Å². The third-order valence-corrected chi connectivity index (χ3v) is 6.90. The van der Waals surface area contributed by atoms with Crippen molar-refractivity contribution in [1.82, 2.24) is 24.3 Å². The summed E-state index contributed by atoms with van der Waals surface area (Å²) in [6.07, 6.45) is 0.173. The van der Waals surface area contributed by atoms with Crippen LogP contribution in [0.1, 0.15) is 39.9 Å². The molecule has 1 unspecified atom stereocenters. The molecule has 0 fully saturated rings. The van der Waals surface area contributed by atoms with Crippen molar-refractivity contribution in [3.63, 3.8) is 0 Å². The van der Waals surface area contributed by atoms with Gasteiger partial charge in [-0.05, 0) is 36.7 Å². The molecule has 0 saturated carbocycles. The molecule has 0 spiro atoms. The number of halogens is 1. The van der Waals surface area contributed by atoms with Gasteiger partial charge in [0.1, 0.15) is 17.7 Å². The Morgan fingerprint density at radius 3 is 2.33 bits per heavy atom. The second-order valence-electron chi connectivity index (χ2n) is 10.1. The molecule has 4 rings (SSSR count). The van der Waals surface area contributed by atoms with E-state index in [-0.39, 0.29) is 44.0 Å². The molecule has 2 amide bonds. The van der Waals surface area contributed by atoms with Crippen LogP contribution in [-0.2, 0) is 29.1 Å². The molecule has 2 aromatic carbocycles. The van der Waals surface area contributed by atoms with Crippen molar-refractivity contribution in [3.05, 3.63) is 93.4 Å². The van der Waals surface area contributed by atoms with Gasteiger partial charge in [0, 0.05) is 46.7 Å². The van der Waals surface area contributed by atoms with Gasteiger partial charge in [-0.25, -0.2) is 9.37 Å². The van der Waals surface area contributed by atoms with Crippen molar-refractivity contribution < 1.29 is 23.9 Å². The molecule has 3 aromatic rings. The maximum Gasteiger partial charge on any atom is 0.313 e. The predicted octanol–water partition coefficient (Wildman–Crippen LogP) is 2.01. The van der Waals surface area contributed by atoms with Crippen LogP contribution in [-0.4, -0.2) is 81.2 Å². The molecule has 11 heteroatoms.